The number of fused-ring (bicyclic) bond motifs is 2. The molecule has 5 rings (SSSR count). The molecule has 0 bridgehead atoms. The van der Waals surface area contributed by atoms with E-state index in [-0.39, 0.29) is 24.0 Å². The number of aliphatic hydroxyl groups is 1. The number of hydrogen-bond donors (Lipinski definition) is 4. The average molecular weight is 686 g/mol. The van der Waals surface area contributed by atoms with Gasteiger partial charge in [0.25, 0.3) is 0 Å². The van der Waals surface area contributed by atoms with Crippen molar-refractivity contribution in [3.05, 3.63) is 65.7 Å². The summed E-state index contributed by atoms with van der Waals surface area (Å²) in [5.74, 6) is -3.12. The Morgan fingerprint density at radius 1 is 0.920 bits per heavy atom. The van der Waals surface area contributed by atoms with Crippen molar-refractivity contribution in [3.8, 4) is 0 Å². The van der Waals surface area contributed by atoms with Crippen LogP contribution >= 0.6 is 0 Å². The predicted molar refractivity (Wildman–Crippen MR) is 191 cm³/mol. The van der Waals surface area contributed by atoms with Crippen molar-refractivity contribution < 1.29 is 29.1 Å². The van der Waals surface area contributed by atoms with E-state index in [0.29, 0.717) is 68.3 Å². The summed E-state index contributed by atoms with van der Waals surface area (Å²) in [4.78, 5) is 75.2. The van der Waals surface area contributed by atoms with E-state index in [0.717, 1.165) is 12.8 Å². The summed E-state index contributed by atoms with van der Waals surface area (Å²) in [6.45, 7) is 6.01. The highest BCUT2D eigenvalue weighted by molar-refractivity contribution is 5.99. The molecular weight excluding hydrogens is 634 g/mol. The van der Waals surface area contributed by atoms with Gasteiger partial charge in [-0.2, -0.15) is 0 Å². The number of carbonyl (C=O) groups excluding carboxylic acids is 5. The van der Waals surface area contributed by atoms with E-state index in [9.17, 15) is 29.1 Å². The second-order valence-electron chi connectivity index (χ2n) is 13.9. The predicted octanol–water partition coefficient (Wildman–Crippen LogP) is 4.08. The number of unbranched alkanes of at least 4 members (excludes halogenated alkanes) is 2. The summed E-state index contributed by atoms with van der Waals surface area (Å²) in [6, 6.07) is 12.0. The Kier molecular flexibility index (Phi) is 12.2. The van der Waals surface area contributed by atoms with Gasteiger partial charge in [0.15, 0.2) is 0 Å². The lowest BCUT2D eigenvalue weighted by atomic mass is 9.71. The lowest BCUT2D eigenvalue weighted by Gasteiger charge is -2.43. The fraction of sp³-hybridized carbons (Fsp3) is 0.538. The van der Waals surface area contributed by atoms with Gasteiger partial charge in [0.1, 0.15) is 35.6 Å². The van der Waals surface area contributed by atoms with Crippen LogP contribution in [0, 0.1) is 11.8 Å². The van der Waals surface area contributed by atoms with E-state index >= 15 is 0 Å². The molecular formula is C39H51N5O6. The van der Waals surface area contributed by atoms with Crippen LogP contribution in [0.25, 0.3) is 0 Å². The Morgan fingerprint density at radius 3 is 2.40 bits per heavy atom. The van der Waals surface area contributed by atoms with Crippen LogP contribution in [-0.4, -0.2) is 76.3 Å². The minimum absolute atomic E-state index is 0.176. The van der Waals surface area contributed by atoms with Crippen molar-refractivity contribution >= 4 is 41.3 Å². The van der Waals surface area contributed by atoms with E-state index in [4.69, 9.17) is 0 Å². The number of rotatable bonds is 11. The van der Waals surface area contributed by atoms with Gasteiger partial charge in [0, 0.05) is 31.2 Å². The molecule has 0 aliphatic carbocycles. The van der Waals surface area contributed by atoms with E-state index in [2.05, 4.69) is 20.9 Å². The van der Waals surface area contributed by atoms with Crippen LogP contribution in [0.15, 0.2) is 59.6 Å². The molecule has 3 heterocycles. The molecule has 50 heavy (non-hydrogen) atoms. The maximum atomic E-state index is 14.6. The van der Waals surface area contributed by atoms with Crippen LogP contribution in [0.3, 0.4) is 0 Å². The second kappa shape index (κ2) is 16.6. The fourth-order valence-corrected chi connectivity index (χ4v) is 7.43. The standard InChI is InChI=1S/C39H51N5O6/c1-4-25(3)33-38(49)44-23-15-14-22-32(44)36(47)41-31(21-11-7-10-18-27(45)5-2)35(46)43-34(37(48)42-33)29-24-40-30-20-13-12-19-28(30)39(29,50)26-16-8-6-9-17-26/h6,8-9,12-13,16-17,19-20,24-25,29,31-34,50H,4-5,7,10-11,14-15,18,21-23H2,1-3H3,(H,41,47)(H,42,48)(H,43,46)/t25?,29?,31-,32+,33-,34-,39?/m0/s1. The van der Waals surface area contributed by atoms with Crippen LogP contribution in [0.4, 0.5) is 5.69 Å². The van der Waals surface area contributed by atoms with Crippen LogP contribution in [0.2, 0.25) is 0 Å². The van der Waals surface area contributed by atoms with Crippen molar-refractivity contribution in [2.24, 2.45) is 16.8 Å². The quantitative estimate of drug-likeness (QED) is 0.261. The first-order valence-electron chi connectivity index (χ1n) is 18.2. The van der Waals surface area contributed by atoms with Gasteiger partial charge in [-0.15, -0.1) is 0 Å². The number of para-hydroxylation sites is 1. The van der Waals surface area contributed by atoms with Gasteiger partial charge < -0.3 is 26.0 Å². The summed E-state index contributed by atoms with van der Waals surface area (Å²) in [6.07, 6.45) is 7.13. The van der Waals surface area contributed by atoms with Gasteiger partial charge in [-0.25, -0.2) is 0 Å². The molecule has 4 amide bonds. The van der Waals surface area contributed by atoms with E-state index in [1.807, 2.05) is 32.9 Å². The number of nitrogens with one attached hydrogen (secondary N) is 3. The molecule has 0 spiro atoms. The molecule has 268 valence electrons. The molecule has 11 heteroatoms. The summed E-state index contributed by atoms with van der Waals surface area (Å²) in [5, 5.41) is 21.6. The van der Waals surface area contributed by atoms with Gasteiger partial charge >= 0.3 is 0 Å². The lowest BCUT2D eigenvalue weighted by molar-refractivity contribution is -0.148. The van der Waals surface area contributed by atoms with Crippen LogP contribution in [0.1, 0.15) is 96.1 Å². The number of amides is 4. The smallest absolute Gasteiger partial charge is 0.246 e. The summed E-state index contributed by atoms with van der Waals surface area (Å²) in [5.41, 5.74) is -0.270. The second-order valence-corrected chi connectivity index (χ2v) is 13.9. The van der Waals surface area contributed by atoms with E-state index < -0.39 is 53.4 Å². The molecule has 2 fully saturated rings. The maximum Gasteiger partial charge on any atom is 0.246 e. The number of carbonyl (C=O) groups is 5. The summed E-state index contributed by atoms with van der Waals surface area (Å²) >= 11 is 0. The Hall–Kier alpha value is -4.38. The van der Waals surface area contributed by atoms with Gasteiger partial charge in [0.05, 0.1) is 11.6 Å². The number of aliphatic imine (C=N–C) groups is 1. The van der Waals surface area contributed by atoms with Gasteiger partial charge in [0.2, 0.25) is 23.6 Å². The third-order valence-electron chi connectivity index (χ3n) is 10.7. The number of Topliss-reactive ketones (excluding diaryl/α,β-unsaturated/α-hetero) is 1. The van der Waals surface area contributed by atoms with Crippen LogP contribution < -0.4 is 16.0 Å². The Morgan fingerprint density at radius 2 is 1.66 bits per heavy atom. The molecule has 0 aromatic heterocycles. The third kappa shape index (κ3) is 7.83. The minimum Gasteiger partial charge on any atom is -0.380 e. The Labute approximate surface area is 294 Å². The molecule has 3 aliphatic heterocycles. The van der Waals surface area contributed by atoms with E-state index in [1.54, 1.807) is 47.4 Å². The number of benzene rings is 2. The molecule has 2 saturated heterocycles. The molecule has 0 radical (unpaired) electrons. The third-order valence-corrected chi connectivity index (χ3v) is 10.7. The van der Waals surface area contributed by atoms with Crippen LogP contribution in [-0.2, 0) is 29.6 Å². The lowest BCUT2D eigenvalue weighted by Crippen LogP contribution is -2.66. The molecule has 2 aromatic carbocycles. The topological polar surface area (TPSA) is 157 Å². The Balaban J connectivity index is 1.56. The number of nitrogens with zero attached hydrogens (tertiary/aromatic N) is 2. The zero-order valence-corrected chi connectivity index (χ0v) is 29.4. The van der Waals surface area contributed by atoms with Crippen LogP contribution in [0.5, 0.6) is 0 Å². The molecule has 7 atom stereocenters. The number of hydrogen-bond acceptors (Lipinski definition) is 7. The molecule has 4 N–H and O–H groups in total. The summed E-state index contributed by atoms with van der Waals surface area (Å²) in [7, 11) is 0. The first-order valence-corrected chi connectivity index (χ1v) is 18.2. The van der Waals surface area contributed by atoms with Gasteiger partial charge in [-0.05, 0) is 49.7 Å². The summed E-state index contributed by atoms with van der Waals surface area (Å²) < 4.78 is 0. The number of piperidine rings is 1. The molecule has 11 nitrogen and oxygen atoms in total. The highest BCUT2D eigenvalue weighted by Crippen LogP contribution is 2.45. The highest BCUT2D eigenvalue weighted by atomic mass is 16.3. The zero-order valence-electron chi connectivity index (χ0n) is 29.4. The normalized spacial score (nSPS) is 27.8. The molecule has 2 aromatic rings. The van der Waals surface area contributed by atoms with Crippen molar-refractivity contribution in [2.75, 3.05) is 6.54 Å². The molecule has 3 unspecified atom stereocenters. The maximum absolute atomic E-state index is 14.6. The first-order chi connectivity index (χ1) is 24.1. The minimum atomic E-state index is -1.79. The first kappa shape index (κ1) is 36.9. The Bertz CT molecular complexity index is 1580. The monoisotopic (exact) mass is 685 g/mol. The molecule has 3 aliphatic rings. The average Bonchev–Trinajstić information content (AvgIpc) is 3.14. The SMILES string of the molecule is CCC(=O)CCCCC[C@@H]1NC(=O)[C@H]2CCCCN2C(=O)[C@H](C(C)CC)NC(=O)[C@H](C2C=Nc3ccccc3C2(O)c2ccccc2)NC1=O. The van der Waals surface area contributed by atoms with Crippen molar-refractivity contribution in [1.82, 2.24) is 20.9 Å². The van der Waals surface area contributed by atoms with Crippen molar-refractivity contribution in [3.63, 3.8) is 0 Å². The van der Waals surface area contributed by atoms with Crippen molar-refractivity contribution in [1.29, 1.82) is 0 Å². The molecule has 0 saturated carbocycles. The number of ketones is 1. The zero-order chi connectivity index (χ0) is 35.8. The fourth-order valence-electron chi connectivity index (χ4n) is 7.43. The van der Waals surface area contributed by atoms with Gasteiger partial charge in [-0.3, -0.25) is 29.0 Å². The van der Waals surface area contributed by atoms with E-state index in [1.165, 1.54) is 6.21 Å². The van der Waals surface area contributed by atoms with Crippen molar-refractivity contribution in [2.45, 2.75) is 115 Å². The van der Waals surface area contributed by atoms with Gasteiger partial charge in [-0.1, -0.05) is 88.6 Å². The highest BCUT2D eigenvalue weighted by Gasteiger charge is 2.51. The largest absolute Gasteiger partial charge is 0.380 e.